The SMILES string of the molecule is COc1ccc2cc(CNC(=O)NCC(C)(C)N3CCCCC3)ccc2c1. The minimum atomic E-state index is -0.116. The lowest BCUT2D eigenvalue weighted by Gasteiger charge is -2.41. The van der Waals surface area contributed by atoms with Crippen molar-refractivity contribution in [2.75, 3.05) is 26.7 Å². The van der Waals surface area contributed by atoms with Gasteiger partial charge in [-0.25, -0.2) is 4.79 Å². The van der Waals surface area contributed by atoms with Crippen LogP contribution in [0.5, 0.6) is 5.75 Å². The Labute approximate surface area is 162 Å². The van der Waals surface area contributed by atoms with Crippen LogP contribution < -0.4 is 15.4 Å². The van der Waals surface area contributed by atoms with E-state index >= 15 is 0 Å². The summed E-state index contributed by atoms with van der Waals surface area (Å²) in [5, 5.41) is 8.27. The summed E-state index contributed by atoms with van der Waals surface area (Å²) < 4.78 is 5.26. The number of hydrogen-bond donors (Lipinski definition) is 2. The van der Waals surface area contributed by atoms with E-state index in [1.807, 2.05) is 24.3 Å². The number of nitrogens with one attached hydrogen (secondary N) is 2. The van der Waals surface area contributed by atoms with Gasteiger partial charge in [0, 0.05) is 18.6 Å². The van der Waals surface area contributed by atoms with Crippen LogP contribution in [0.3, 0.4) is 0 Å². The molecule has 0 unspecified atom stereocenters. The quantitative estimate of drug-likeness (QED) is 0.812. The van der Waals surface area contributed by atoms with Crippen LogP contribution in [-0.2, 0) is 6.54 Å². The molecule has 2 aromatic carbocycles. The van der Waals surface area contributed by atoms with Crippen molar-refractivity contribution in [3.05, 3.63) is 42.0 Å². The van der Waals surface area contributed by atoms with Crippen LogP contribution in [0.1, 0.15) is 38.7 Å². The van der Waals surface area contributed by atoms with Crippen LogP contribution >= 0.6 is 0 Å². The number of hydrogen-bond acceptors (Lipinski definition) is 3. The van der Waals surface area contributed by atoms with E-state index in [-0.39, 0.29) is 11.6 Å². The van der Waals surface area contributed by atoms with Crippen LogP contribution in [0, 0.1) is 0 Å². The predicted octanol–water partition coefficient (Wildman–Crippen LogP) is 3.91. The molecule has 1 fully saturated rings. The summed E-state index contributed by atoms with van der Waals surface area (Å²) in [5.41, 5.74) is 1.07. The molecule has 0 spiro atoms. The Balaban J connectivity index is 1.50. The average Bonchev–Trinajstić information content (AvgIpc) is 2.71. The second-order valence-corrected chi connectivity index (χ2v) is 7.94. The van der Waals surface area contributed by atoms with Gasteiger partial charge in [-0.1, -0.05) is 24.6 Å². The third-order valence-electron chi connectivity index (χ3n) is 5.46. The summed E-state index contributed by atoms with van der Waals surface area (Å²) in [6.45, 7) is 7.82. The van der Waals surface area contributed by atoms with Crippen molar-refractivity contribution >= 4 is 16.8 Å². The van der Waals surface area contributed by atoms with Gasteiger partial charge in [-0.2, -0.15) is 0 Å². The lowest BCUT2D eigenvalue weighted by atomic mass is 9.98. The fourth-order valence-corrected chi connectivity index (χ4v) is 3.66. The maximum absolute atomic E-state index is 12.2. The number of benzene rings is 2. The van der Waals surface area contributed by atoms with E-state index < -0.39 is 0 Å². The van der Waals surface area contributed by atoms with Crippen LogP contribution in [-0.4, -0.2) is 43.2 Å². The van der Waals surface area contributed by atoms with Crippen molar-refractivity contribution in [3.8, 4) is 5.75 Å². The Morgan fingerprint density at radius 1 is 1.04 bits per heavy atom. The smallest absolute Gasteiger partial charge is 0.315 e. The number of rotatable bonds is 6. The number of urea groups is 1. The topological polar surface area (TPSA) is 53.6 Å². The van der Waals surface area contributed by atoms with E-state index in [1.165, 1.54) is 19.3 Å². The number of fused-ring (bicyclic) bond motifs is 1. The lowest BCUT2D eigenvalue weighted by Crippen LogP contribution is -2.54. The molecule has 1 aliphatic heterocycles. The number of carbonyl (C=O) groups is 1. The molecule has 1 heterocycles. The molecule has 0 atom stereocenters. The van der Waals surface area contributed by atoms with Gasteiger partial charge in [0.2, 0.25) is 0 Å². The van der Waals surface area contributed by atoms with E-state index in [1.54, 1.807) is 7.11 Å². The van der Waals surface area contributed by atoms with E-state index in [0.29, 0.717) is 13.1 Å². The van der Waals surface area contributed by atoms with Gasteiger partial charge in [0.1, 0.15) is 5.75 Å². The van der Waals surface area contributed by atoms with Gasteiger partial charge in [0.15, 0.2) is 0 Å². The molecule has 1 saturated heterocycles. The Morgan fingerprint density at radius 2 is 1.74 bits per heavy atom. The molecule has 2 aromatic rings. The standard InChI is InChI=1S/C22H31N3O2/c1-22(2,25-11-5-4-6-12-25)16-24-21(26)23-15-17-7-8-19-14-20(27-3)10-9-18(19)13-17/h7-10,13-14H,4-6,11-12,15-16H2,1-3H3,(H2,23,24,26). The Hall–Kier alpha value is -2.27. The Kier molecular flexibility index (Phi) is 6.22. The summed E-state index contributed by atoms with van der Waals surface area (Å²) in [4.78, 5) is 14.7. The molecule has 1 aliphatic rings. The molecule has 5 heteroatoms. The second-order valence-electron chi connectivity index (χ2n) is 7.94. The maximum Gasteiger partial charge on any atom is 0.315 e. The van der Waals surface area contributed by atoms with Gasteiger partial charge in [-0.05, 0) is 74.3 Å². The molecule has 0 aliphatic carbocycles. The van der Waals surface area contributed by atoms with Crippen molar-refractivity contribution in [2.24, 2.45) is 0 Å². The maximum atomic E-state index is 12.2. The van der Waals surface area contributed by atoms with Gasteiger partial charge >= 0.3 is 6.03 Å². The zero-order valence-electron chi connectivity index (χ0n) is 16.7. The lowest BCUT2D eigenvalue weighted by molar-refractivity contribution is 0.0960. The van der Waals surface area contributed by atoms with E-state index in [0.717, 1.165) is 35.2 Å². The minimum Gasteiger partial charge on any atom is -0.497 e. The van der Waals surface area contributed by atoms with Crippen molar-refractivity contribution in [1.82, 2.24) is 15.5 Å². The van der Waals surface area contributed by atoms with Crippen LogP contribution in [0.25, 0.3) is 10.8 Å². The van der Waals surface area contributed by atoms with Crippen molar-refractivity contribution < 1.29 is 9.53 Å². The highest BCUT2D eigenvalue weighted by atomic mass is 16.5. The normalized spacial score (nSPS) is 15.5. The number of amides is 2. The zero-order chi connectivity index (χ0) is 19.3. The molecule has 0 bridgehead atoms. The highest BCUT2D eigenvalue weighted by Crippen LogP contribution is 2.22. The molecule has 0 radical (unpaired) electrons. The van der Waals surface area contributed by atoms with E-state index in [4.69, 9.17) is 4.74 Å². The number of methoxy groups -OCH3 is 1. The van der Waals surface area contributed by atoms with Gasteiger partial charge in [0.05, 0.1) is 7.11 Å². The van der Waals surface area contributed by atoms with Gasteiger partial charge < -0.3 is 15.4 Å². The summed E-state index contributed by atoms with van der Waals surface area (Å²) in [6.07, 6.45) is 3.83. The predicted molar refractivity (Wildman–Crippen MR) is 110 cm³/mol. The first-order valence-electron chi connectivity index (χ1n) is 9.81. The fourth-order valence-electron chi connectivity index (χ4n) is 3.66. The number of likely N-dealkylation sites (tertiary alicyclic amines) is 1. The highest BCUT2D eigenvalue weighted by molar-refractivity contribution is 5.84. The average molecular weight is 370 g/mol. The number of ether oxygens (including phenoxy) is 1. The van der Waals surface area contributed by atoms with Gasteiger partial charge in [-0.15, -0.1) is 0 Å². The molecule has 0 saturated carbocycles. The Bertz CT molecular complexity index is 782. The second kappa shape index (κ2) is 8.61. The summed E-state index contributed by atoms with van der Waals surface area (Å²) in [7, 11) is 1.67. The summed E-state index contributed by atoms with van der Waals surface area (Å²) in [5.74, 6) is 0.851. The summed E-state index contributed by atoms with van der Waals surface area (Å²) >= 11 is 0. The van der Waals surface area contributed by atoms with Gasteiger partial charge in [0.25, 0.3) is 0 Å². The molecule has 146 valence electrons. The number of piperidine rings is 1. The van der Waals surface area contributed by atoms with Gasteiger partial charge in [-0.3, -0.25) is 4.90 Å². The minimum absolute atomic E-state index is 0.0141. The van der Waals surface area contributed by atoms with E-state index in [9.17, 15) is 4.79 Å². The van der Waals surface area contributed by atoms with Crippen LogP contribution in [0.4, 0.5) is 4.79 Å². The molecule has 0 aromatic heterocycles. The first kappa shape index (κ1) is 19.5. The monoisotopic (exact) mass is 369 g/mol. The van der Waals surface area contributed by atoms with E-state index in [2.05, 4.69) is 41.5 Å². The molecule has 5 nitrogen and oxygen atoms in total. The van der Waals surface area contributed by atoms with Crippen molar-refractivity contribution in [2.45, 2.75) is 45.2 Å². The zero-order valence-corrected chi connectivity index (χ0v) is 16.7. The van der Waals surface area contributed by atoms with Crippen LogP contribution in [0.15, 0.2) is 36.4 Å². The third-order valence-corrected chi connectivity index (χ3v) is 5.46. The molecule has 2 amide bonds. The molecular formula is C22H31N3O2. The molecule has 3 rings (SSSR count). The first-order chi connectivity index (χ1) is 13.0. The van der Waals surface area contributed by atoms with Crippen molar-refractivity contribution in [3.63, 3.8) is 0 Å². The largest absolute Gasteiger partial charge is 0.497 e. The number of nitrogens with zero attached hydrogens (tertiary/aromatic N) is 1. The molecule has 2 N–H and O–H groups in total. The highest BCUT2D eigenvalue weighted by Gasteiger charge is 2.28. The number of carbonyl (C=O) groups excluding carboxylic acids is 1. The molecular weight excluding hydrogens is 338 g/mol. The molecule has 27 heavy (non-hydrogen) atoms. The Morgan fingerprint density at radius 3 is 2.48 bits per heavy atom. The summed E-state index contributed by atoms with van der Waals surface area (Å²) in [6, 6.07) is 12.1. The fraction of sp³-hybridized carbons (Fsp3) is 0.500. The first-order valence-corrected chi connectivity index (χ1v) is 9.81. The van der Waals surface area contributed by atoms with Crippen molar-refractivity contribution in [1.29, 1.82) is 0 Å². The third kappa shape index (κ3) is 5.13. The van der Waals surface area contributed by atoms with Crippen LogP contribution in [0.2, 0.25) is 0 Å².